The van der Waals surface area contributed by atoms with Crippen LogP contribution in [0.5, 0.6) is 0 Å². The van der Waals surface area contributed by atoms with Crippen molar-refractivity contribution in [1.82, 2.24) is 5.32 Å². The molecule has 0 spiro atoms. The van der Waals surface area contributed by atoms with E-state index in [4.69, 9.17) is 0 Å². The number of ketones is 1. The van der Waals surface area contributed by atoms with E-state index in [-0.39, 0.29) is 5.54 Å². The van der Waals surface area contributed by atoms with Crippen LogP contribution < -0.4 is 5.32 Å². The average Bonchev–Trinajstić information content (AvgIpc) is 2.32. The Morgan fingerprint density at radius 3 is 2.53 bits per heavy atom. The molecule has 0 heterocycles. The zero-order valence-electron chi connectivity index (χ0n) is 9.38. The maximum absolute atomic E-state index is 11.3. The van der Waals surface area contributed by atoms with Gasteiger partial charge < -0.3 is 5.32 Å². The molecule has 2 heteroatoms. The highest BCUT2D eigenvalue weighted by Crippen LogP contribution is 2.36. The van der Waals surface area contributed by atoms with Crippen molar-refractivity contribution in [1.29, 1.82) is 0 Å². The van der Waals surface area contributed by atoms with E-state index in [1.165, 1.54) is 5.57 Å². The van der Waals surface area contributed by atoms with Crippen molar-refractivity contribution < 1.29 is 4.79 Å². The molecule has 2 aliphatic rings. The highest BCUT2D eigenvalue weighted by Gasteiger charge is 2.36. The number of hydrogen-bond donors (Lipinski definition) is 1. The van der Waals surface area contributed by atoms with Crippen LogP contribution in [0.1, 0.15) is 38.5 Å². The zero-order valence-corrected chi connectivity index (χ0v) is 9.38. The van der Waals surface area contributed by atoms with E-state index in [2.05, 4.69) is 23.5 Å². The van der Waals surface area contributed by atoms with Gasteiger partial charge in [0.25, 0.3) is 0 Å². The molecule has 15 heavy (non-hydrogen) atoms. The predicted molar refractivity (Wildman–Crippen MR) is 61.7 cm³/mol. The quantitative estimate of drug-likeness (QED) is 0.750. The summed E-state index contributed by atoms with van der Waals surface area (Å²) in [6, 6.07) is 0. The molecule has 1 N–H and O–H groups in total. The summed E-state index contributed by atoms with van der Waals surface area (Å²) in [5.41, 5.74) is 1.60. The Labute approximate surface area is 91.4 Å². The molecule has 0 radical (unpaired) electrons. The molecule has 2 nitrogen and oxygen atoms in total. The van der Waals surface area contributed by atoms with E-state index < -0.39 is 0 Å². The molecule has 0 bridgehead atoms. The van der Waals surface area contributed by atoms with Crippen molar-refractivity contribution in [3.05, 3.63) is 23.8 Å². The third-order valence-electron chi connectivity index (χ3n) is 3.77. The Morgan fingerprint density at radius 1 is 1.27 bits per heavy atom. The maximum atomic E-state index is 11.3. The Hall–Kier alpha value is -0.890. The van der Waals surface area contributed by atoms with Crippen LogP contribution in [0.3, 0.4) is 0 Å². The number of Topliss-reactive ketones (excluding diaryl/α,β-unsaturated/α-hetero) is 1. The lowest BCUT2D eigenvalue weighted by molar-refractivity contribution is -0.121. The van der Waals surface area contributed by atoms with Crippen LogP contribution in [0.2, 0.25) is 0 Å². The molecule has 2 aliphatic carbocycles. The zero-order chi connectivity index (χ0) is 10.7. The molecule has 0 aromatic heterocycles. The Kier molecular flexibility index (Phi) is 3.06. The van der Waals surface area contributed by atoms with Crippen molar-refractivity contribution in [3.63, 3.8) is 0 Å². The van der Waals surface area contributed by atoms with E-state index >= 15 is 0 Å². The first-order chi connectivity index (χ1) is 7.27. The molecular weight excluding hydrogens is 186 g/mol. The van der Waals surface area contributed by atoms with Gasteiger partial charge in [0, 0.05) is 18.4 Å². The van der Waals surface area contributed by atoms with Crippen LogP contribution in [0, 0.1) is 0 Å². The minimum Gasteiger partial charge on any atom is -0.311 e. The topological polar surface area (TPSA) is 29.1 Å². The lowest BCUT2D eigenvalue weighted by atomic mass is 9.73. The van der Waals surface area contributed by atoms with Gasteiger partial charge in [-0.25, -0.2) is 0 Å². The van der Waals surface area contributed by atoms with Crippen molar-refractivity contribution in [3.8, 4) is 0 Å². The van der Waals surface area contributed by atoms with Crippen LogP contribution in [-0.4, -0.2) is 18.4 Å². The standard InChI is InChI=1S/C13H19NO/c1-14-13(9-7-12(15)8-10-13)11-5-3-2-4-6-11/h2-3,5,14H,4,6-10H2,1H3. The molecule has 82 valence electrons. The second kappa shape index (κ2) is 4.31. The number of likely N-dealkylation sites (N-methyl/N-ethyl adjacent to an activating group) is 1. The smallest absolute Gasteiger partial charge is 0.133 e. The third-order valence-corrected chi connectivity index (χ3v) is 3.77. The summed E-state index contributed by atoms with van der Waals surface area (Å²) >= 11 is 0. The van der Waals surface area contributed by atoms with Crippen molar-refractivity contribution in [2.75, 3.05) is 7.05 Å². The Balaban J connectivity index is 2.17. The van der Waals surface area contributed by atoms with Gasteiger partial charge in [0.2, 0.25) is 0 Å². The summed E-state index contributed by atoms with van der Waals surface area (Å²) in [5.74, 6) is 0.424. The lowest BCUT2D eigenvalue weighted by Gasteiger charge is -2.39. The Bertz CT molecular complexity index is 304. The van der Waals surface area contributed by atoms with Gasteiger partial charge in [-0.3, -0.25) is 4.79 Å². The first kappa shape index (κ1) is 10.6. The fourth-order valence-electron chi connectivity index (χ4n) is 2.69. The van der Waals surface area contributed by atoms with Crippen LogP contribution in [0.4, 0.5) is 0 Å². The number of allylic oxidation sites excluding steroid dienone is 3. The number of rotatable bonds is 2. The van der Waals surface area contributed by atoms with Gasteiger partial charge in [-0.05, 0) is 38.3 Å². The monoisotopic (exact) mass is 205 g/mol. The summed E-state index contributed by atoms with van der Waals surface area (Å²) in [7, 11) is 2.02. The van der Waals surface area contributed by atoms with Gasteiger partial charge in [0.15, 0.2) is 0 Å². The predicted octanol–water partition coefficient (Wildman–Crippen LogP) is 2.36. The largest absolute Gasteiger partial charge is 0.311 e. The van der Waals surface area contributed by atoms with Crippen LogP contribution >= 0.6 is 0 Å². The molecule has 0 unspecified atom stereocenters. The van der Waals surface area contributed by atoms with Gasteiger partial charge in [0.05, 0.1) is 0 Å². The molecule has 1 saturated carbocycles. The molecule has 2 rings (SSSR count). The SMILES string of the molecule is CNC1(C2=CC=CCC2)CCC(=O)CC1. The Morgan fingerprint density at radius 2 is 2.00 bits per heavy atom. The van der Waals surface area contributed by atoms with Crippen molar-refractivity contribution >= 4 is 5.78 Å². The molecule has 1 fully saturated rings. The molecule has 0 atom stereocenters. The number of carbonyl (C=O) groups is 1. The highest BCUT2D eigenvalue weighted by molar-refractivity contribution is 5.79. The molecular formula is C13H19NO. The van der Waals surface area contributed by atoms with Crippen LogP contribution in [0.15, 0.2) is 23.8 Å². The van der Waals surface area contributed by atoms with Gasteiger partial charge in [-0.1, -0.05) is 18.2 Å². The molecule has 0 aromatic rings. The number of carbonyl (C=O) groups excluding carboxylic acids is 1. The summed E-state index contributed by atoms with van der Waals surface area (Å²) in [6.45, 7) is 0. The van der Waals surface area contributed by atoms with E-state index in [1.807, 2.05) is 7.05 Å². The van der Waals surface area contributed by atoms with Gasteiger partial charge in [0.1, 0.15) is 5.78 Å². The molecule has 0 amide bonds. The molecule has 0 aliphatic heterocycles. The summed E-state index contributed by atoms with van der Waals surface area (Å²) < 4.78 is 0. The van der Waals surface area contributed by atoms with E-state index in [1.54, 1.807) is 0 Å². The highest BCUT2D eigenvalue weighted by atomic mass is 16.1. The normalized spacial score (nSPS) is 25.1. The minimum absolute atomic E-state index is 0.110. The second-order valence-electron chi connectivity index (χ2n) is 4.53. The average molecular weight is 205 g/mol. The first-order valence-electron chi connectivity index (χ1n) is 5.84. The van der Waals surface area contributed by atoms with E-state index in [0.717, 1.165) is 38.5 Å². The third kappa shape index (κ3) is 2.05. The van der Waals surface area contributed by atoms with Gasteiger partial charge in [-0.2, -0.15) is 0 Å². The lowest BCUT2D eigenvalue weighted by Crippen LogP contribution is -2.48. The summed E-state index contributed by atoms with van der Waals surface area (Å²) in [5, 5.41) is 3.45. The van der Waals surface area contributed by atoms with Gasteiger partial charge >= 0.3 is 0 Å². The first-order valence-corrected chi connectivity index (χ1v) is 5.84. The molecule has 0 saturated heterocycles. The number of hydrogen-bond acceptors (Lipinski definition) is 2. The van der Waals surface area contributed by atoms with Crippen LogP contribution in [-0.2, 0) is 4.79 Å². The second-order valence-corrected chi connectivity index (χ2v) is 4.53. The summed E-state index contributed by atoms with van der Waals surface area (Å²) in [6.07, 6.45) is 12.3. The maximum Gasteiger partial charge on any atom is 0.133 e. The van der Waals surface area contributed by atoms with Crippen molar-refractivity contribution in [2.45, 2.75) is 44.1 Å². The minimum atomic E-state index is 0.110. The van der Waals surface area contributed by atoms with E-state index in [9.17, 15) is 4.79 Å². The fourth-order valence-corrected chi connectivity index (χ4v) is 2.69. The number of nitrogens with one attached hydrogen (secondary N) is 1. The van der Waals surface area contributed by atoms with E-state index in [0.29, 0.717) is 5.78 Å². The van der Waals surface area contributed by atoms with Crippen molar-refractivity contribution in [2.24, 2.45) is 0 Å². The van der Waals surface area contributed by atoms with Crippen LogP contribution in [0.25, 0.3) is 0 Å². The molecule has 0 aromatic carbocycles. The summed E-state index contributed by atoms with van der Waals surface area (Å²) in [4.78, 5) is 11.3. The van der Waals surface area contributed by atoms with Gasteiger partial charge in [-0.15, -0.1) is 0 Å². The fraction of sp³-hybridized carbons (Fsp3) is 0.615.